The number of carbonyl (C=O) groups is 1. The minimum absolute atomic E-state index is 0.177. The molecule has 0 atom stereocenters. The summed E-state index contributed by atoms with van der Waals surface area (Å²) in [6.07, 6.45) is 2.37. The minimum Gasteiger partial charge on any atom is -0.444 e. The number of amides is 1. The second-order valence-corrected chi connectivity index (χ2v) is 4.74. The maximum Gasteiger partial charge on any atom is 0.251 e. The Balaban J connectivity index is 1.99. The van der Waals surface area contributed by atoms with Crippen molar-refractivity contribution in [1.29, 1.82) is 0 Å². The van der Waals surface area contributed by atoms with E-state index in [4.69, 9.17) is 4.42 Å². The lowest BCUT2D eigenvalue weighted by Gasteiger charge is -2.03. The van der Waals surface area contributed by atoms with E-state index in [1.165, 1.54) is 18.2 Å². The fourth-order valence-electron chi connectivity index (χ4n) is 1.49. The summed E-state index contributed by atoms with van der Waals surface area (Å²) >= 11 is 3.03. The van der Waals surface area contributed by atoms with Crippen LogP contribution >= 0.6 is 15.9 Å². The number of hydrogen-bond acceptors (Lipinski definition) is 3. The standard InChI is InChI=1S/C13H12BrFN2O2/c1-2-9-6-16-12(19-9)7-17-13(18)8-3-4-10(14)11(15)5-8/h3-6H,2,7H2,1H3,(H,17,18). The first kappa shape index (κ1) is 13.7. The number of nitrogens with one attached hydrogen (secondary N) is 1. The van der Waals surface area contributed by atoms with E-state index in [9.17, 15) is 9.18 Å². The van der Waals surface area contributed by atoms with Crippen molar-refractivity contribution in [1.82, 2.24) is 10.3 Å². The molecule has 6 heteroatoms. The quantitative estimate of drug-likeness (QED) is 0.939. The molecule has 0 aliphatic carbocycles. The van der Waals surface area contributed by atoms with Gasteiger partial charge in [0.1, 0.15) is 11.6 Å². The maximum absolute atomic E-state index is 13.3. The van der Waals surface area contributed by atoms with Crippen molar-refractivity contribution in [2.75, 3.05) is 0 Å². The van der Waals surface area contributed by atoms with Crippen LogP contribution < -0.4 is 5.32 Å². The largest absolute Gasteiger partial charge is 0.444 e. The van der Waals surface area contributed by atoms with Gasteiger partial charge in [-0.3, -0.25) is 4.79 Å². The van der Waals surface area contributed by atoms with Crippen molar-refractivity contribution in [3.63, 3.8) is 0 Å². The molecule has 0 saturated carbocycles. The highest BCUT2D eigenvalue weighted by molar-refractivity contribution is 9.10. The van der Waals surface area contributed by atoms with Gasteiger partial charge in [-0.2, -0.15) is 0 Å². The molecule has 2 rings (SSSR count). The normalized spacial score (nSPS) is 10.5. The molecule has 0 aliphatic rings. The predicted octanol–water partition coefficient (Wildman–Crippen LogP) is 3.07. The summed E-state index contributed by atoms with van der Waals surface area (Å²) in [7, 11) is 0. The second-order valence-electron chi connectivity index (χ2n) is 3.89. The lowest BCUT2D eigenvalue weighted by molar-refractivity contribution is 0.0946. The number of hydrogen-bond donors (Lipinski definition) is 1. The van der Waals surface area contributed by atoms with Crippen molar-refractivity contribution in [3.05, 3.63) is 51.9 Å². The molecule has 1 amide bonds. The summed E-state index contributed by atoms with van der Waals surface area (Å²) in [5, 5.41) is 2.62. The molecule has 0 unspecified atom stereocenters. The Kier molecular flexibility index (Phi) is 4.31. The Morgan fingerprint density at radius 1 is 1.53 bits per heavy atom. The molecule has 0 spiro atoms. The van der Waals surface area contributed by atoms with E-state index in [1.54, 1.807) is 6.20 Å². The van der Waals surface area contributed by atoms with E-state index in [2.05, 4.69) is 26.2 Å². The highest BCUT2D eigenvalue weighted by Gasteiger charge is 2.10. The Bertz CT molecular complexity index is 598. The van der Waals surface area contributed by atoms with Gasteiger partial charge in [0.15, 0.2) is 0 Å². The molecule has 1 aromatic carbocycles. The van der Waals surface area contributed by atoms with Crippen molar-refractivity contribution >= 4 is 21.8 Å². The third-order valence-electron chi connectivity index (χ3n) is 2.53. The van der Waals surface area contributed by atoms with Crippen LogP contribution in [-0.4, -0.2) is 10.9 Å². The summed E-state index contributed by atoms with van der Waals surface area (Å²) in [6.45, 7) is 2.13. The zero-order valence-corrected chi connectivity index (χ0v) is 11.8. The van der Waals surface area contributed by atoms with Gasteiger partial charge in [0.2, 0.25) is 5.89 Å². The van der Waals surface area contributed by atoms with Gasteiger partial charge < -0.3 is 9.73 Å². The fourth-order valence-corrected chi connectivity index (χ4v) is 1.74. The van der Waals surface area contributed by atoms with Crippen molar-refractivity contribution in [3.8, 4) is 0 Å². The molecule has 1 heterocycles. The molecule has 100 valence electrons. The fraction of sp³-hybridized carbons (Fsp3) is 0.231. The van der Waals surface area contributed by atoms with Gasteiger partial charge in [0.25, 0.3) is 5.91 Å². The highest BCUT2D eigenvalue weighted by atomic mass is 79.9. The van der Waals surface area contributed by atoms with Gasteiger partial charge in [-0.25, -0.2) is 9.37 Å². The van der Waals surface area contributed by atoms with Crippen molar-refractivity contribution < 1.29 is 13.6 Å². The Morgan fingerprint density at radius 3 is 2.95 bits per heavy atom. The number of benzene rings is 1. The molecule has 0 fully saturated rings. The minimum atomic E-state index is -0.475. The van der Waals surface area contributed by atoms with Gasteiger partial charge in [0, 0.05) is 12.0 Å². The van der Waals surface area contributed by atoms with Crippen LogP contribution in [0.2, 0.25) is 0 Å². The van der Waals surface area contributed by atoms with E-state index in [-0.39, 0.29) is 18.0 Å². The van der Waals surface area contributed by atoms with E-state index in [0.29, 0.717) is 10.4 Å². The number of rotatable bonds is 4. The van der Waals surface area contributed by atoms with E-state index >= 15 is 0 Å². The van der Waals surface area contributed by atoms with Gasteiger partial charge in [-0.15, -0.1) is 0 Å². The number of nitrogens with zero attached hydrogens (tertiary/aromatic N) is 1. The Hall–Kier alpha value is -1.69. The maximum atomic E-state index is 13.3. The average molecular weight is 327 g/mol. The monoisotopic (exact) mass is 326 g/mol. The summed E-state index contributed by atoms with van der Waals surface area (Å²) < 4.78 is 19.0. The second kappa shape index (κ2) is 5.97. The van der Waals surface area contributed by atoms with Gasteiger partial charge in [0.05, 0.1) is 17.2 Å². The first-order valence-corrected chi connectivity index (χ1v) is 6.56. The van der Waals surface area contributed by atoms with Crippen LogP contribution in [0, 0.1) is 5.82 Å². The number of aromatic nitrogens is 1. The van der Waals surface area contributed by atoms with Crippen LogP contribution in [0.25, 0.3) is 0 Å². The molecule has 4 nitrogen and oxygen atoms in total. The van der Waals surface area contributed by atoms with E-state index in [1.807, 2.05) is 6.92 Å². The lowest BCUT2D eigenvalue weighted by Crippen LogP contribution is -2.23. The van der Waals surface area contributed by atoms with Crippen molar-refractivity contribution in [2.45, 2.75) is 19.9 Å². The first-order valence-electron chi connectivity index (χ1n) is 5.77. The first-order chi connectivity index (χ1) is 9.10. The topological polar surface area (TPSA) is 55.1 Å². The third kappa shape index (κ3) is 3.41. The summed E-state index contributed by atoms with van der Waals surface area (Å²) in [4.78, 5) is 15.8. The number of oxazole rings is 1. The van der Waals surface area contributed by atoms with Crippen LogP contribution in [0.4, 0.5) is 4.39 Å². The lowest BCUT2D eigenvalue weighted by atomic mass is 10.2. The predicted molar refractivity (Wildman–Crippen MR) is 71.2 cm³/mol. The molecule has 0 aliphatic heterocycles. The summed E-state index contributed by atoms with van der Waals surface area (Å²) in [5.41, 5.74) is 0.253. The van der Waals surface area contributed by atoms with Crippen LogP contribution in [0.15, 0.2) is 33.3 Å². The molecule has 0 bridgehead atoms. The van der Waals surface area contributed by atoms with Crippen LogP contribution in [0.5, 0.6) is 0 Å². The number of carbonyl (C=O) groups excluding carboxylic acids is 1. The molecular weight excluding hydrogens is 315 g/mol. The number of aryl methyl sites for hydroxylation is 1. The molecule has 1 aromatic heterocycles. The average Bonchev–Trinajstić information content (AvgIpc) is 2.87. The van der Waals surface area contributed by atoms with E-state index in [0.717, 1.165) is 12.2 Å². The van der Waals surface area contributed by atoms with Crippen LogP contribution in [-0.2, 0) is 13.0 Å². The van der Waals surface area contributed by atoms with Gasteiger partial charge in [-0.05, 0) is 34.1 Å². The molecular formula is C13H12BrFN2O2. The number of halogens is 2. The van der Waals surface area contributed by atoms with Crippen molar-refractivity contribution in [2.24, 2.45) is 0 Å². The summed E-state index contributed by atoms with van der Waals surface area (Å²) in [5.74, 6) is 0.349. The molecule has 19 heavy (non-hydrogen) atoms. The third-order valence-corrected chi connectivity index (χ3v) is 3.17. The Morgan fingerprint density at radius 2 is 2.32 bits per heavy atom. The van der Waals surface area contributed by atoms with Gasteiger partial charge >= 0.3 is 0 Å². The molecule has 0 saturated heterocycles. The van der Waals surface area contributed by atoms with Crippen LogP contribution in [0.1, 0.15) is 28.9 Å². The molecule has 2 aromatic rings. The summed E-state index contributed by atoms with van der Waals surface area (Å²) in [6, 6.07) is 4.20. The van der Waals surface area contributed by atoms with Crippen LogP contribution in [0.3, 0.4) is 0 Å². The van der Waals surface area contributed by atoms with Gasteiger partial charge in [-0.1, -0.05) is 6.92 Å². The molecule has 0 radical (unpaired) electrons. The SMILES string of the molecule is CCc1cnc(CNC(=O)c2ccc(Br)c(F)c2)o1. The zero-order valence-electron chi connectivity index (χ0n) is 10.2. The Labute approximate surface area is 118 Å². The van der Waals surface area contributed by atoms with E-state index < -0.39 is 5.82 Å². The highest BCUT2D eigenvalue weighted by Crippen LogP contribution is 2.16. The zero-order chi connectivity index (χ0) is 13.8. The smallest absolute Gasteiger partial charge is 0.251 e. The molecule has 1 N–H and O–H groups in total.